The highest BCUT2D eigenvalue weighted by Crippen LogP contribution is 2.24. The van der Waals surface area contributed by atoms with Crippen molar-refractivity contribution in [2.45, 2.75) is 17.7 Å². The molecule has 3 rings (SSSR count). The van der Waals surface area contributed by atoms with Gasteiger partial charge < -0.3 is 20.5 Å². The van der Waals surface area contributed by atoms with Crippen molar-refractivity contribution in [2.75, 3.05) is 11.1 Å². The normalized spacial score (nSPS) is 19.0. The van der Waals surface area contributed by atoms with E-state index in [1.54, 1.807) is 24.3 Å². The standard InChI is InChI=1S/C19H18N2O5S/c22-17(10-16-18(23)21-15(11-27-16)19(24)25)20-12-6-8-14(9-7-12)26-13-4-2-1-3-5-13/h1-9,15-16H,10-11H2,(H,20,22)(H,21,23)(H,24,25)/t15-,16+/m1/s1. The van der Waals surface area contributed by atoms with Crippen LogP contribution in [0.2, 0.25) is 0 Å². The highest BCUT2D eigenvalue weighted by atomic mass is 32.2. The van der Waals surface area contributed by atoms with Gasteiger partial charge in [-0.05, 0) is 36.4 Å². The van der Waals surface area contributed by atoms with Gasteiger partial charge in [0, 0.05) is 17.9 Å². The molecule has 2 aromatic carbocycles. The predicted octanol–water partition coefficient (Wildman–Crippen LogP) is 2.49. The van der Waals surface area contributed by atoms with Gasteiger partial charge in [0.25, 0.3) is 0 Å². The average Bonchev–Trinajstić information content (AvgIpc) is 2.65. The monoisotopic (exact) mass is 386 g/mol. The minimum atomic E-state index is -1.07. The van der Waals surface area contributed by atoms with E-state index >= 15 is 0 Å². The molecule has 140 valence electrons. The first-order valence-corrected chi connectivity index (χ1v) is 9.34. The molecule has 1 saturated heterocycles. The maximum Gasteiger partial charge on any atom is 0.327 e. The fraction of sp³-hybridized carbons (Fsp3) is 0.211. The van der Waals surface area contributed by atoms with E-state index in [-0.39, 0.29) is 18.1 Å². The Labute approximate surface area is 160 Å². The third-order valence-corrected chi connectivity index (χ3v) is 5.17. The van der Waals surface area contributed by atoms with Crippen molar-refractivity contribution in [3.05, 3.63) is 54.6 Å². The number of carbonyl (C=O) groups excluding carboxylic acids is 2. The molecule has 8 heteroatoms. The molecule has 0 unspecified atom stereocenters. The molecule has 1 aliphatic rings. The van der Waals surface area contributed by atoms with Crippen molar-refractivity contribution in [3.63, 3.8) is 0 Å². The first-order chi connectivity index (χ1) is 13.0. The van der Waals surface area contributed by atoms with Gasteiger partial charge >= 0.3 is 5.97 Å². The topological polar surface area (TPSA) is 105 Å². The minimum Gasteiger partial charge on any atom is -0.480 e. The molecule has 0 aromatic heterocycles. The number of carbonyl (C=O) groups is 3. The van der Waals surface area contributed by atoms with E-state index in [0.29, 0.717) is 17.2 Å². The van der Waals surface area contributed by atoms with Crippen LogP contribution in [0, 0.1) is 0 Å². The van der Waals surface area contributed by atoms with Gasteiger partial charge in [-0.2, -0.15) is 0 Å². The van der Waals surface area contributed by atoms with Crippen molar-refractivity contribution in [1.29, 1.82) is 0 Å². The number of carboxylic acid groups (broad SMARTS) is 1. The number of para-hydroxylation sites is 1. The molecule has 0 saturated carbocycles. The summed E-state index contributed by atoms with van der Waals surface area (Å²) in [5.41, 5.74) is 0.588. The molecule has 0 aliphatic carbocycles. The van der Waals surface area contributed by atoms with Gasteiger partial charge in [0.2, 0.25) is 11.8 Å². The van der Waals surface area contributed by atoms with Gasteiger partial charge in [-0.25, -0.2) is 4.79 Å². The van der Waals surface area contributed by atoms with Gasteiger partial charge in [0.15, 0.2) is 0 Å². The summed E-state index contributed by atoms with van der Waals surface area (Å²) in [5.74, 6) is -0.217. The number of benzene rings is 2. The summed E-state index contributed by atoms with van der Waals surface area (Å²) < 4.78 is 5.69. The number of hydrogen-bond donors (Lipinski definition) is 3. The zero-order valence-corrected chi connectivity index (χ0v) is 15.1. The summed E-state index contributed by atoms with van der Waals surface area (Å²) in [6, 6.07) is 15.3. The largest absolute Gasteiger partial charge is 0.480 e. The van der Waals surface area contributed by atoms with E-state index < -0.39 is 23.2 Å². The Balaban J connectivity index is 1.51. The number of ether oxygens (including phenoxy) is 1. The number of carboxylic acids is 1. The second kappa shape index (κ2) is 8.59. The molecule has 1 heterocycles. The van der Waals surface area contributed by atoms with Gasteiger partial charge in [-0.3, -0.25) is 9.59 Å². The van der Waals surface area contributed by atoms with Crippen LogP contribution in [-0.4, -0.2) is 39.9 Å². The number of amides is 2. The van der Waals surface area contributed by atoms with Gasteiger partial charge in [0.05, 0.1) is 5.25 Å². The first-order valence-electron chi connectivity index (χ1n) is 8.29. The number of aliphatic carboxylic acids is 1. The predicted molar refractivity (Wildman–Crippen MR) is 102 cm³/mol. The van der Waals surface area contributed by atoms with Crippen molar-refractivity contribution in [1.82, 2.24) is 5.32 Å². The van der Waals surface area contributed by atoms with E-state index in [4.69, 9.17) is 9.84 Å². The first kappa shape index (κ1) is 18.8. The van der Waals surface area contributed by atoms with Crippen LogP contribution in [0.3, 0.4) is 0 Å². The van der Waals surface area contributed by atoms with Crippen molar-refractivity contribution >= 4 is 35.2 Å². The maximum absolute atomic E-state index is 12.2. The Morgan fingerprint density at radius 1 is 1.11 bits per heavy atom. The van der Waals surface area contributed by atoms with Crippen molar-refractivity contribution in [2.24, 2.45) is 0 Å². The molecule has 1 aliphatic heterocycles. The Morgan fingerprint density at radius 3 is 2.41 bits per heavy atom. The Kier molecular flexibility index (Phi) is 5.97. The van der Waals surface area contributed by atoms with Gasteiger partial charge in [-0.1, -0.05) is 18.2 Å². The molecule has 1 fully saturated rings. The lowest BCUT2D eigenvalue weighted by atomic mass is 10.2. The van der Waals surface area contributed by atoms with Crippen LogP contribution in [-0.2, 0) is 14.4 Å². The van der Waals surface area contributed by atoms with E-state index in [2.05, 4.69) is 10.6 Å². The minimum absolute atomic E-state index is 0.0227. The maximum atomic E-state index is 12.2. The summed E-state index contributed by atoms with van der Waals surface area (Å²) >= 11 is 1.18. The number of rotatable bonds is 6. The van der Waals surface area contributed by atoms with Crippen LogP contribution in [0.15, 0.2) is 54.6 Å². The summed E-state index contributed by atoms with van der Waals surface area (Å²) in [6.07, 6.45) is -0.0227. The average molecular weight is 386 g/mol. The van der Waals surface area contributed by atoms with E-state index in [0.717, 1.165) is 0 Å². The third-order valence-electron chi connectivity index (χ3n) is 3.86. The number of anilines is 1. The Bertz CT molecular complexity index is 826. The molecule has 3 N–H and O–H groups in total. The molecule has 0 bridgehead atoms. The molecule has 7 nitrogen and oxygen atoms in total. The lowest BCUT2D eigenvalue weighted by Gasteiger charge is -2.25. The fourth-order valence-electron chi connectivity index (χ4n) is 2.49. The highest BCUT2D eigenvalue weighted by Gasteiger charge is 2.33. The zero-order valence-electron chi connectivity index (χ0n) is 14.3. The van der Waals surface area contributed by atoms with Gasteiger partial charge in [-0.15, -0.1) is 11.8 Å². The smallest absolute Gasteiger partial charge is 0.327 e. The zero-order chi connectivity index (χ0) is 19.2. The van der Waals surface area contributed by atoms with Crippen molar-refractivity contribution in [3.8, 4) is 11.5 Å². The van der Waals surface area contributed by atoms with Gasteiger partial charge in [0.1, 0.15) is 17.5 Å². The van der Waals surface area contributed by atoms with Crippen LogP contribution in [0.25, 0.3) is 0 Å². The fourth-order valence-corrected chi connectivity index (χ4v) is 3.63. The summed E-state index contributed by atoms with van der Waals surface area (Å²) in [5, 5.41) is 13.5. The molecule has 2 amide bonds. The van der Waals surface area contributed by atoms with Crippen LogP contribution >= 0.6 is 11.8 Å². The molecule has 27 heavy (non-hydrogen) atoms. The van der Waals surface area contributed by atoms with Crippen LogP contribution in [0.1, 0.15) is 6.42 Å². The highest BCUT2D eigenvalue weighted by molar-refractivity contribution is 8.00. The summed E-state index contributed by atoms with van der Waals surface area (Å²) in [7, 11) is 0. The molecule has 0 spiro atoms. The van der Waals surface area contributed by atoms with E-state index in [1.807, 2.05) is 30.3 Å². The lowest BCUT2D eigenvalue weighted by Crippen LogP contribution is -2.51. The Hall–Kier alpha value is -3.00. The third kappa shape index (κ3) is 5.24. The van der Waals surface area contributed by atoms with Crippen LogP contribution in [0.4, 0.5) is 5.69 Å². The quantitative estimate of drug-likeness (QED) is 0.705. The number of nitrogens with one attached hydrogen (secondary N) is 2. The summed E-state index contributed by atoms with van der Waals surface area (Å²) in [6.45, 7) is 0. The Morgan fingerprint density at radius 2 is 1.78 bits per heavy atom. The lowest BCUT2D eigenvalue weighted by molar-refractivity contribution is -0.141. The molecule has 0 radical (unpaired) electrons. The van der Waals surface area contributed by atoms with E-state index in [1.165, 1.54) is 11.8 Å². The summed E-state index contributed by atoms with van der Waals surface area (Å²) in [4.78, 5) is 35.0. The molecular weight excluding hydrogens is 368 g/mol. The molecular formula is C19H18N2O5S. The van der Waals surface area contributed by atoms with E-state index in [9.17, 15) is 14.4 Å². The van der Waals surface area contributed by atoms with Crippen molar-refractivity contribution < 1.29 is 24.2 Å². The van der Waals surface area contributed by atoms with Crippen LogP contribution < -0.4 is 15.4 Å². The second-order valence-electron chi connectivity index (χ2n) is 5.91. The van der Waals surface area contributed by atoms with Crippen LogP contribution in [0.5, 0.6) is 11.5 Å². The number of hydrogen-bond acceptors (Lipinski definition) is 5. The molecule has 2 atom stereocenters. The molecule has 2 aromatic rings. The number of thioether (sulfide) groups is 1. The SMILES string of the molecule is O=C(C[C@@H]1SC[C@H](C(=O)O)NC1=O)Nc1ccc(Oc2ccccc2)cc1. The second-order valence-corrected chi connectivity index (χ2v) is 7.15.